The second kappa shape index (κ2) is 9.51. The van der Waals surface area contributed by atoms with E-state index >= 15 is 0 Å². The molecule has 26 heavy (non-hydrogen) atoms. The minimum atomic E-state index is -0.499. The summed E-state index contributed by atoms with van der Waals surface area (Å²) in [5.41, 5.74) is 0.498. The topological polar surface area (TPSA) is 84.7 Å². The lowest BCUT2D eigenvalue weighted by molar-refractivity contribution is -0.384. The summed E-state index contributed by atoms with van der Waals surface area (Å²) >= 11 is 7.34. The summed E-state index contributed by atoms with van der Waals surface area (Å²) in [5, 5.41) is 14.3. The molecule has 0 unspecified atom stereocenters. The zero-order valence-electron chi connectivity index (χ0n) is 14.5. The monoisotopic (exact) mass is 397 g/mol. The Morgan fingerprint density at radius 2 is 2.15 bits per heavy atom. The first-order valence-electron chi connectivity index (χ1n) is 8.01. The summed E-state index contributed by atoms with van der Waals surface area (Å²) in [5.74, 6) is -0.261. The molecule has 7 nitrogen and oxygen atoms in total. The van der Waals surface area contributed by atoms with E-state index in [0.29, 0.717) is 36.3 Å². The molecule has 0 fully saturated rings. The first-order valence-corrected chi connectivity index (χ1v) is 9.20. The van der Waals surface area contributed by atoms with Gasteiger partial charge in [-0.05, 0) is 31.2 Å². The van der Waals surface area contributed by atoms with E-state index in [9.17, 15) is 14.9 Å². The number of nitrogens with zero attached hydrogens (tertiary/aromatic N) is 2. The highest BCUT2D eigenvalue weighted by atomic mass is 35.5. The molecule has 0 aliphatic carbocycles. The molecule has 0 atom stereocenters. The third-order valence-electron chi connectivity index (χ3n) is 3.71. The van der Waals surface area contributed by atoms with E-state index in [0.717, 1.165) is 4.88 Å². The minimum Gasteiger partial charge on any atom is -0.383 e. The normalized spacial score (nSPS) is 10.6. The van der Waals surface area contributed by atoms with Crippen molar-refractivity contribution in [3.63, 3.8) is 0 Å². The molecule has 0 spiro atoms. The molecule has 1 heterocycles. The average Bonchev–Trinajstić information content (AvgIpc) is 3.04. The van der Waals surface area contributed by atoms with Gasteiger partial charge in [0.15, 0.2) is 0 Å². The van der Waals surface area contributed by atoms with Crippen molar-refractivity contribution >= 4 is 40.2 Å². The maximum absolute atomic E-state index is 12.8. The van der Waals surface area contributed by atoms with E-state index in [4.69, 9.17) is 16.3 Å². The highest BCUT2D eigenvalue weighted by Gasteiger charge is 2.21. The van der Waals surface area contributed by atoms with Crippen LogP contribution in [-0.4, -0.2) is 42.5 Å². The highest BCUT2D eigenvalue weighted by Crippen LogP contribution is 2.27. The Labute approximate surface area is 160 Å². The van der Waals surface area contributed by atoms with Crippen molar-refractivity contribution in [2.45, 2.75) is 13.5 Å². The standard InChI is InChI=1S/C17H20ClN3O4S/c1-3-20(11-13-5-7-16(18)26-13)17(22)12-4-6-14(19-8-9-25-2)15(10-12)21(23)24/h4-7,10,19H,3,8-9,11H2,1-2H3. The van der Waals surface area contributed by atoms with Crippen molar-refractivity contribution in [2.75, 3.05) is 32.1 Å². The molecule has 0 radical (unpaired) electrons. The van der Waals surface area contributed by atoms with E-state index < -0.39 is 4.92 Å². The Kier molecular flexibility index (Phi) is 7.38. The van der Waals surface area contributed by atoms with Crippen LogP contribution < -0.4 is 5.32 Å². The van der Waals surface area contributed by atoms with Crippen molar-refractivity contribution in [3.05, 3.63) is 55.2 Å². The van der Waals surface area contributed by atoms with Crippen LogP contribution in [0.5, 0.6) is 0 Å². The maximum atomic E-state index is 12.8. The lowest BCUT2D eigenvalue weighted by Gasteiger charge is -2.20. The first kappa shape index (κ1) is 20.2. The number of hydrogen-bond donors (Lipinski definition) is 1. The van der Waals surface area contributed by atoms with E-state index in [-0.39, 0.29) is 17.2 Å². The van der Waals surface area contributed by atoms with Crippen LogP contribution in [0, 0.1) is 10.1 Å². The molecule has 1 amide bonds. The molecule has 1 aromatic carbocycles. The predicted octanol–water partition coefficient (Wildman–Crippen LogP) is 4.03. The van der Waals surface area contributed by atoms with Gasteiger partial charge in [0, 0.05) is 36.7 Å². The zero-order valence-corrected chi connectivity index (χ0v) is 16.1. The number of nitro benzene ring substituents is 1. The lowest BCUT2D eigenvalue weighted by Crippen LogP contribution is -2.30. The van der Waals surface area contributed by atoms with Gasteiger partial charge in [0.25, 0.3) is 11.6 Å². The van der Waals surface area contributed by atoms with E-state index in [2.05, 4.69) is 5.32 Å². The SMILES string of the molecule is CCN(Cc1ccc(Cl)s1)C(=O)c1ccc(NCCOC)c([N+](=O)[O-])c1. The van der Waals surface area contributed by atoms with Gasteiger partial charge in [-0.15, -0.1) is 11.3 Å². The van der Waals surface area contributed by atoms with Crippen LogP contribution in [-0.2, 0) is 11.3 Å². The van der Waals surface area contributed by atoms with Crippen LogP contribution in [0.3, 0.4) is 0 Å². The number of rotatable bonds is 9. The Bertz CT molecular complexity index is 781. The third kappa shape index (κ3) is 5.17. The van der Waals surface area contributed by atoms with Crippen LogP contribution >= 0.6 is 22.9 Å². The molecule has 140 valence electrons. The maximum Gasteiger partial charge on any atom is 0.293 e. The van der Waals surface area contributed by atoms with E-state index in [1.54, 1.807) is 30.2 Å². The fraction of sp³-hybridized carbons (Fsp3) is 0.353. The van der Waals surface area contributed by atoms with Gasteiger partial charge in [0.05, 0.1) is 22.4 Å². The molecule has 1 aromatic heterocycles. The van der Waals surface area contributed by atoms with Gasteiger partial charge in [-0.25, -0.2) is 0 Å². The number of halogens is 1. The van der Waals surface area contributed by atoms with Crippen LogP contribution in [0.4, 0.5) is 11.4 Å². The highest BCUT2D eigenvalue weighted by molar-refractivity contribution is 7.16. The number of nitro groups is 1. The van der Waals surface area contributed by atoms with Gasteiger partial charge >= 0.3 is 0 Å². The Hall–Kier alpha value is -2.16. The molecule has 0 bridgehead atoms. The van der Waals surface area contributed by atoms with Crippen molar-refractivity contribution in [2.24, 2.45) is 0 Å². The number of ether oxygens (including phenoxy) is 1. The van der Waals surface area contributed by atoms with Gasteiger partial charge in [-0.1, -0.05) is 11.6 Å². The molecule has 2 rings (SSSR count). The molecular weight excluding hydrogens is 378 g/mol. The van der Waals surface area contributed by atoms with E-state index in [1.165, 1.54) is 17.4 Å². The number of carbonyl (C=O) groups excluding carboxylic acids is 1. The van der Waals surface area contributed by atoms with Gasteiger partial charge in [0.1, 0.15) is 5.69 Å². The second-order valence-corrected chi connectivity index (χ2v) is 7.23. The summed E-state index contributed by atoms with van der Waals surface area (Å²) in [6.45, 7) is 3.61. The largest absolute Gasteiger partial charge is 0.383 e. The molecule has 0 saturated heterocycles. The quantitative estimate of drug-likeness (QED) is 0.392. The predicted molar refractivity (Wildman–Crippen MR) is 103 cm³/mol. The Morgan fingerprint density at radius 3 is 2.73 bits per heavy atom. The fourth-order valence-electron chi connectivity index (χ4n) is 2.39. The fourth-order valence-corrected chi connectivity index (χ4v) is 3.49. The smallest absolute Gasteiger partial charge is 0.293 e. The molecule has 0 aliphatic heterocycles. The zero-order chi connectivity index (χ0) is 19.1. The van der Waals surface area contributed by atoms with Gasteiger partial charge < -0.3 is 15.0 Å². The van der Waals surface area contributed by atoms with Crippen molar-refractivity contribution < 1.29 is 14.5 Å². The number of amides is 1. The van der Waals surface area contributed by atoms with Gasteiger partial charge in [-0.2, -0.15) is 0 Å². The molecule has 1 N–H and O–H groups in total. The summed E-state index contributed by atoms with van der Waals surface area (Å²) in [6, 6.07) is 8.10. The minimum absolute atomic E-state index is 0.137. The summed E-state index contributed by atoms with van der Waals surface area (Å²) < 4.78 is 5.59. The van der Waals surface area contributed by atoms with Gasteiger partial charge in [0.2, 0.25) is 0 Å². The van der Waals surface area contributed by atoms with Crippen LogP contribution in [0.1, 0.15) is 22.2 Å². The molecule has 9 heteroatoms. The number of benzene rings is 1. The number of carbonyl (C=O) groups is 1. The summed E-state index contributed by atoms with van der Waals surface area (Å²) in [7, 11) is 1.55. The Morgan fingerprint density at radius 1 is 1.38 bits per heavy atom. The van der Waals surface area contributed by atoms with Gasteiger partial charge in [-0.3, -0.25) is 14.9 Å². The second-order valence-electron chi connectivity index (χ2n) is 5.43. The number of anilines is 1. The van der Waals surface area contributed by atoms with Crippen molar-refractivity contribution in [1.82, 2.24) is 4.90 Å². The summed E-state index contributed by atoms with van der Waals surface area (Å²) in [4.78, 5) is 26.2. The average molecular weight is 398 g/mol. The third-order valence-corrected chi connectivity index (χ3v) is 4.92. The lowest BCUT2D eigenvalue weighted by atomic mass is 10.1. The van der Waals surface area contributed by atoms with E-state index in [1.807, 2.05) is 13.0 Å². The first-order chi connectivity index (χ1) is 12.5. The number of methoxy groups -OCH3 is 1. The van der Waals surface area contributed by atoms with Crippen molar-refractivity contribution in [3.8, 4) is 0 Å². The molecule has 0 saturated carbocycles. The van der Waals surface area contributed by atoms with Crippen LogP contribution in [0.2, 0.25) is 4.34 Å². The van der Waals surface area contributed by atoms with Crippen LogP contribution in [0.25, 0.3) is 0 Å². The molecule has 2 aromatic rings. The van der Waals surface area contributed by atoms with Crippen molar-refractivity contribution in [1.29, 1.82) is 0 Å². The summed E-state index contributed by atoms with van der Waals surface area (Å²) in [6.07, 6.45) is 0. The molecular formula is C17H20ClN3O4S. The van der Waals surface area contributed by atoms with Crippen LogP contribution in [0.15, 0.2) is 30.3 Å². The number of nitrogens with one attached hydrogen (secondary N) is 1. The number of hydrogen-bond acceptors (Lipinski definition) is 6. The molecule has 0 aliphatic rings. The number of thiophene rings is 1. The Balaban J connectivity index is 2.20.